The maximum Gasteiger partial charge on any atom is 0.0340 e. The quantitative estimate of drug-likeness (QED) is 0.695. The third-order valence-corrected chi connectivity index (χ3v) is 2.52. The summed E-state index contributed by atoms with van der Waals surface area (Å²) in [6, 6.07) is 9.35. The molecular formula is C12H18N2. The molecule has 0 heterocycles. The van der Waals surface area contributed by atoms with Crippen LogP contribution in [0.25, 0.3) is 0 Å². The van der Waals surface area contributed by atoms with E-state index < -0.39 is 0 Å². The first-order valence-corrected chi connectivity index (χ1v) is 5.38. The van der Waals surface area contributed by atoms with Crippen molar-refractivity contribution < 1.29 is 0 Å². The van der Waals surface area contributed by atoms with Crippen molar-refractivity contribution in [3.8, 4) is 0 Å². The summed E-state index contributed by atoms with van der Waals surface area (Å²) in [5.74, 6) is 0. The summed E-state index contributed by atoms with van der Waals surface area (Å²) in [6.45, 7) is 4.19. The molecule has 1 aromatic rings. The van der Waals surface area contributed by atoms with Gasteiger partial charge in [-0.15, -0.1) is 0 Å². The molecule has 1 aliphatic rings. The Bertz CT molecular complexity index is 275. The van der Waals surface area contributed by atoms with E-state index in [9.17, 15) is 0 Å². The number of benzene rings is 1. The van der Waals surface area contributed by atoms with Gasteiger partial charge in [0.15, 0.2) is 0 Å². The van der Waals surface area contributed by atoms with E-state index in [1.54, 1.807) is 0 Å². The van der Waals surface area contributed by atoms with Gasteiger partial charge in [-0.3, -0.25) is 0 Å². The van der Waals surface area contributed by atoms with Crippen LogP contribution in [-0.2, 0) is 0 Å². The van der Waals surface area contributed by atoms with E-state index >= 15 is 0 Å². The largest absolute Gasteiger partial charge is 0.384 e. The number of nitrogens with one attached hydrogen (secondary N) is 2. The van der Waals surface area contributed by atoms with Crippen LogP contribution in [0.5, 0.6) is 0 Å². The van der Waals surface area contributed by atoms with Crippen molar-refractivity contribution in [1.29, 1.82) is 0 Å². The highest BCUT2D eigenvalue weighted by atomic mass is 15.0. The maximum atomic E-state index is 3.48. The van der Waals surface area contributed by atoms with Crippen LogP contribution in [0.3, 0.4) is 0 Å². The van der Waals surface area contributed by atoms with Crippen LogP contribution >= 0.6 is 0 Å². The Morgan fingerprint density at radius 2 is 1.86 bits per heavy atom. The number of hydrogen-bond acceptors (Lipinski definition) is 2. The molecule has 1 saturated carbocycles. The fourth-order valence-corrected chi connectivity index (χ4v) is 1.44. The molecular weight excluding hydrogens is 172 g/mol. The summed E-state index contributed by atoms with van der Waals surface area (Å²) in [4.78, 5) is 0. The molecule has 0 atom stereocenters. The van der Waals surface area contributed by atoms with Crippen molar-refractivity contribution in [1.82, 2.24) is 5.32 Å². The van der Waals surface area contributed by atoms with E-state index in [2.05, 4.69) is 41.8 Å². The fraction of sp³-hybridized carbons (Fsp3) is 0.500. The van der Waals surface area contributed by atoms with E-state index in [1.165, 1.54) is 24.1 Å². The second-order valence-corrected chi connectivity index (χ2v) is 4.02. The monoisotopic (exact) mass is 190 g/mol. The molecule has 1 aromatic carbocycles. The minimum atomic E-state index is 0.815. The first kappa shape index (κ1) is 9.53. The Morgan fingerprint density at radius 3 is 2.50 bits per heavy atom. The maximum absolute atomic E-state index is 3.48. The molecule has 0 unspecified atom stereocenters. The predicted molar refractivity (Wildman–Crippen MR) is 60.7 cm³/mol. The molecule has 1 aliphatic carbocycles. The van der Waals surface area contributed by atoms with Gasteiger partial charge in [0.2, 0.25) is 0 Å². The predicted octanol–water partition coefficient (Wildman–Crippen LogP) is 2.16. The van der Waals surface area contributed by atoms with E-state index in [1.807, 2.05) is 0 Å². The Morgan fingerprint density at radius 1 is 1.14 bits per heavy atom. The highest BCUT2D eigenvalue weighted by Crippen LogP contribution is 2.18. The van der Waals surface area contributed by atoms with Gasteiger partial charge in [-0.1, -0.05) is 17.7 Å². The molecule has 14 heavy (non-hydrogen) atoms. The lowest BCUT2D eigenvalue weighted by molar-refractivity contribution is 0.701. The third-order valence-electron chi connectivity index (χ3n) is 2.52. The molecule has 2 heteroatoms. The number of anilines is 1. The summed E-state index contributed by atoms with van der Waals surface area (Å²) >= 11 is 0. The standard InChI is InChI=1S/C12H18N2/c1-10-2-4-11(5-3-10)13-8-9-14-12-6-7-12/h2-5,12-14H,6-9H2,1H3. The first-order chi connectivity index (χ1) is 6.84. The van der Waals surface area contributed by atoms with Crippen molar-refractivity contribution in [3.63, 3.8) is 0 Å². The lowest BCUT2D eigenvalue weighted by Crippen LogP contribution is -2.23. The van der Waals surface area contributed by atoms with Crippen LogP contribution in [0.1, 0.15) is 18.4 Å². The van der Waals surface area contributed by atoms with Gasteiger partial charge in [0.05, 0.1) is 0 Å². The normalized spacial score (nSPS) is 15.5. The van der Waals surface area contributed by atoms with Gasteiger partial charge < -0.3 is 10.6 Å². The number of hydrogen-bond donors (Lipinski definition) is 2. The van der Waals surface area contributed by atoms with Gasteiger partial charge in [-0.05, 0) is 31.9 Å². The number of rotatable bonds is 5. The Hall–Kier alpha value is -1.02. The van der Waals surface area contributed by atoms with Crippen LogP contribution in [0.4, 0.5) is 5.69 Å². The highest BCUT2D eigenvalue weighted by Gasteiger charge is 2.19. The topological polar surface area (TPSA) is 24.1 Å². The molecule has 0 aliphatic heterocycles. The van der Waals surface area contributed by atoms with Crippen molar-refractivity contribution in [2.75, 3.05) is 18.4 Å². The SMILES string of the molecule is Cc1ccc(NCCNC2CC2)cc1. The van der Waals surface area contributed by atoms with E-state index in [-0.39, 0.29) is 0 Å². The molecule has 0 bridgehead atoms. The summed E-state index contributed by atoms with van der Waals surface area (Å²) in [5, 5.41) is 6.87. The van der Waals surface area contributed by atoms with Crippen LogP contribution in [-0.4, -0.2) is 19.1 Å². The zero-order chi connectivity index (χ0) is 9.80. The Labute approximate surface area is 85.7 Å². The molecule has 0 saturated heterocycles. The molecule has 2 N–H and O–H groups in total. The fourth-order valence-electron chi connectivity index (χ4n) is 1.44. The molecule has 1 fully saturated rings. The lowest BCUT2D eigenvalue weighted by atomic mass is 10.2. The van der Waals surface area contributed by atoms with Crippen LogP contribution in [0.2, 0.25) is 0 Å². The summed E-state index contributed by atoms with van der Waals surface area (Å²) in [6.07, 6.45) is 2.73. The molecule has 0 spiro atoms. The van der Waals surface area contributed by atoms with Gasteiger partial charge in [0, 0.05) is 24.8 Å². The zero-order valence-electron chi connectivity index (χ0n) is 8.72. The molecule has 0 amide bonds. The van der Waals surface area contributed by atoms with Gasteiger partial charge in [0.1, 0.15) is 0 Å². The van der Waals surface area contributed by atoms with Crippen molar-refractivity contribution in [2.24, 2.45) is 0 Å². The number of aryl methyl sites for hydroxylation is 1. The van der Waals surface area contributed by atoms with Crippen LogP contribution in [0.15, 0.2) is 24.3 Å². The molecule has 2 nitrogen and oxygen atoms in total. The molecule has 0 aromatic heterocycles. The summed E-state index contributed by atoms with van der Waals surface area (Å²) < 4.78 is 0. The minimum Gasteiger partial charge on any atom is -0.384 e. The van der Waals surface area contributed by atoms with Crippen molar-refractivity contribution in [3.05, 3.63) is 29.8 Å². The van der Waals surface area contributed by atoms with E-state index in [0.717, 1.165) is 19.1 Å². The average molecular weight is 190 g/mol. The van der Waals surface area contributed by atoms with E-state index in [0.29, 0.717) is 0 Å². The summed E-state index contributed by atoms with van der Waals surface area (Å²) in [5.41, 5.74) is 2.53. The lowest BCUT2D eigenvalue weighted by Gasteiger charge is -2.07. The van der Waals surface area contributed by atoms with Gasteiger partial charge in [0.25, 0.3) is 0 Å². The zero-order valence-corrected chi connectivity index (χ0v) is 8.72. The molecule has 0 radical (unpaired) electrons. The van der Waals surface area contributed by atoms with Crippen LogP contribution in [0, 0.1) is 6.92 Å². The van der Waals surface area contributed by atoms with E-state index in [4.69, 9.17) is 0 Å². The Balaban J connectivity index is 1.66. The van der Waals surface area contributed by atoms with Crippen molar-refractivity contribution >= 4 is 5.69 Å². The highest BCUT2D eigenvalue weighted by molar-refractivity contribution is 5.44. The van der Waals surface area contributed by atoms with Gasteiger partial charge >= 0.3 is 0 Å². The molecule has 2 rings (SSSR count). The summed E-state index contributed by atoms with van der Waals surface area (Å²) in [7, 11) is 0. The second kappa shape index (κ2) is 4.47. The van der Waals surface area contributed by atoms with Crippen molar-refractivity contribution in [2.45, 2.75) is 25.8 Å². The average Bonchev–Trinajstić information content (AvgIpc) is 2.99. The van der Waals surface area contributed by atoms with Gasteiger partial charge in [-0.25, -0.2) is 0 Å². The van der Waals surface area contributed by atoms with Gasteiger partial charge in [-0.2, -0.15) is 0 Å². The first-order valence-electron chi connectivity index (χ1n) is 5.38. The third kappa shape index (κ3) is 3.04. The van der Waals surface area contributed by atoms with Crippen LogP contribution < -0.4 is 10.6 Å². The minimum absolute atomic E-state index is 0.815. The Kier molecular flexibility index (Phi) is 3.04. The molecule has 76 valence electrons. The smallest absolute Gasteiger partial charge is 0.0340 e. The second-order valence-electron chi connectivity index (χ2n) is 4.02.